The third-order valence-electron chi connectivity index (χ3n) is 4.74. The molecular weight excluding hydrogens is 380 g/mol. The van der Waals surface area contributed by atoms with Crippen LogP contribution in [0.15, 0.2) is 24.4 Å². The lowest BCUT2D eigenvalue weighted by molar-refractivity contribution is 0.355. The highest BCUT2D eigenvalue weighted by Gasteiger charge is 2.19. The fraction of sp³-hybridized carbons (Fsp3) is 0.368. The molecule has 3 heterocycles. The van der Waals surface area contributed by atoms with Crippen LogP contribution in [0, 0.1) is 0 Å². The zero-order valence-electron chi connectivity index (χ0n) is 15.9. The Morgan fingerprint density at radius 1 is 0.964 bits per heavy atom. The summed E-state index contributed by atoms with van der Waals surface area (Å²) in [5, 5.41) is 0. The molecular formula is C19H23ClN6O2. The molecule has 2 N–H and O–H groups in total. The van der Waals surface area contributed by atoms with E-state index >= 15 is 0 Å². The maximum atomic E-state index is 5.90. The highest BCUT2D eigenvalue weighted by Crippen LogP contribution is 2.33. The SMILES string of the molecule is COc1ccc(-c2cnc3nc(N)nc(N4CCCCC4)c3n2)cc1OC.Cl. The number of benzene rings is 1. The highest BCUT2D eigenvalue weighted by molar-refractivity contribution is 5.86. The van der Waals surface area contributed by atoms with Crippen molar-refractivity contribution < 1.29 is 9.47 Å². The number of halogens is 1. The Labute approximate surface area is 169 Å². The summed E-state index contributed by atoms with van der Waals surface area (Å²) < 4.78 is 10.7. The van der Waals surface area contributed by atoms with E-state index in [9.17, 15) is 0 Å². The largest absolute Gasteiger partial charge is 0.493 e. The molecule has 0 spiro atoms. The Bertz CT molecular complexity index is 978. The molecule has 1 saturated heterocycles. The second kappa shape index (κ2) is 8.43. The minimum absolute atomic E-state index is 0. The lowest BCUT2D eigenvalue weighted by Gasteiger charge is -2.28. The first-order chi connectivity index (χ1) is 13.2. The second-order valence-corrected chi connectivity index (χ2v) is 6.45. The van der Waals surface area contributed by atoms with E-state index in [4.69, 9.17) is 20.2 Å². The van der Waals surface area contributed by atoms with E-state index < -0.39 is 0 Å². The summed E-state index contributed by atoms with van der Waals surface area (Å²) in [4.78, 5) is 20.2. The smallest absolute Gasteiger partial charge is 0.224 e. The summed E-state index contributed by atoms with van der Waals surface area (Å²) in [7, 11) is 3.22. The third kappa shape index (κ3) is 3.73. The van der Waals surface area contributed by atoms with Gasteiger partial charge in [0.05, 0.1) is 26.1 Å². The lowest BCUT2D eigenvalue weighted by Crippen LogP contribution is -2.30. The average Bonchev–Trinajstić information content (AvgIpc) is 2.73. The van der Waals surface area contributed by atoms with Gasteiger partial charge in [-0.05, 0) is 37.5 Å². The van der Waals surface area contributed by atoms with Gasteiger partial charge in [0.25, 0.3) is 0 Å². The normalized spacial score (nSPS) is 13.9. The zero-order chi connectivity index (χ0) is 18.8. The molecule has 0 amide bonds. The Balaban J connectivity index is 0.00000225. The maximum Gasteiger partial charge on any atom is 0.224 e. The minimum atomic E-state index is 0. The van der Waals surface area contributed by atoms with Crippen molar-refractivity contribution in [2.24, 2.45) is 0 Å². The van der Waals surface area contributed by atoms with Gasteiger partial charge in [-0.1, -0.05) is 0 Å². The number of hydrogen-bond donors (Lipinski definition) is 1. The number of fused-ring (bicyclic) bond motifs is 1. The molecule has 28 heavy (non-hydrogen) atoms. The Kier molecular flexibility index (Phi) is 5.99. The van der Waals surface area contributed by atoms with Gasteiger partial charge < -0.3 is 20.1 Å². The number of nitrogens with two attached hydrogens (primary N) is 1. The van der Waals surface area contributed by atoms with Gasteiger partial charge in [-0.3, -0.25) is 0 Å². The van der Waals surface area contributed by atoms with Crippen molar-refractivity contribution in [1.29, 1.82) is 0 Å². The highest BCUT2D eigenvalue weighted by atomic mass is 35.5. The van der Waals surface area contributed by atoms with Crippen LogP contribution in [0.5, 0.6) is 11.5 Å². The first-order valence-electron chi connectivity index (χ1n) is 8.97. The fourth-order valence-electron chi connectivity index (χ4n) is 3.37. The molecule has 8 nitrogen and oxygen atoms in total. The number of rotatable bonds is 4. The number of hydrogen-bond acceptors (Lipinski definition) is 8. The predicted octanol–water partition coefficient (Wildman–Crippen LogP) is 3.10. The van der Waals surface area contributed by atoms with Gasteiger partial charge in [0.2, 0.25) is 5.95 Å². The summed E-state index contributed by atoms with van der Waals surface area (Å²) >= 11 is 0. The molecule has 1 aliphatic heterocycles. The molecule has 0 radical (unpaired) electrons. The van der Waals surface area contributed by atoms with Crippen LogP contribution in [-0.4, -0.2) is 47.2 Å². The first kappa shape index (κ1) is 19.9. The standard InChI is InChI=1S/C19H22N6O2.ClH/c1-26-14-7-6-12(10-15(14)27-2)13-11-21-17-16(22-13)18(24-19(20)23-17)25-8-4-3-5-9-25;/h6-7,10-11H,3-5,8-9H2,1-2H3,(H2,20,21,23,24);1H. The van der Waals surface area contributed by atoms with Crippen LogP contribution in [0.2, 0.25) is 0 Å². The molecule has 1 aliphatic rings. The summed E-state index contributed by atoms with van der Waals surface area (Å²) in [6.45, 7) is 1.88. The number of aromatic nitrogens is 4. The topological polar surface area (TPSA) is 99.3 Å². The van der Waals surface area contributed by atoms with Gasteiger partial charge in [-0.25, -0.2) is 9.97 Å². The van der Waals surface area contributed by atoms with E-state index in [1.54, 1.807) is 20.4 Å². The summed E-state index contributed by atoms with van der Waals surface area (Å²) in [6.07, 6.45) is 5.19. The van der Waals surface area contributed by atoms with Gasteiger partial charge >= 0.3 is 0 Å². The van der Waals surface area contributed by atoms with Crippen molar-refractivity contribution in [3.05, 3.63) is 24.4 Å². The van der Waals surface area contributed by atoms with Crippen LogP contribution in [0.4, 0.5) is 11.8 Å². The van der Waals surface area contributed by atoms with Crippen molar-refractivity contribution in [3.63, 3.8) is 0 Å². The van der Waals surface area contributed by atoms with E-state index in [-0.39, 0.29) is 18.4 Å². The van der Waals surface area contributed by atoms with Crippen LogP contribution in [0.25, 0.3) is 22.4 Å². The number of methoxy groups -OCH3 is 2. The monoisotopic (exact) mass is 402 g/mol. The van der Waals surface area contributed by atoms with Crippen molar-refractivity contribution >= 4 is 35.3 Å². The third-order valence-corrected chi connectivity index (χ3v) is 4.74. The Morgan fingerprint density at radius 2 is 1.71 bits per heavy atom. The van der Waals surface area contributed by atoms with E-state index in [0.29, 0.717) is 22.7 Å². The van der Waals surface area contributed by atoms with Crippen molar-refractivity contribution in [1.82, 2.24) is 19.9 Å². The molecule has 1 fully saturated rings. The molecule has 0 aliphatic carbocycles. The van der Waals surface area contributed by atoms with E-state index in [1.165, 1.54) is 6.42 Å². The van der Waals surface area contributed by atoms with Crippen LogP contribution in [-0.2, 0) is 0 Å². The molecule has 4 rings (SSSR count). The fourth-order valence-corrected chi connectivity index (χ4v) is 3.37. The zero-order valence-corrected chi connectivity index (χ0v) is 16.7. The van der Waals surface area contributed by atoms with E-state index in [0.717, 1.165) is 43.0 Å². The van der Waals surface area contributed by atoms with Gasteiger partial charge in [0, 0.05) is 18.7 Å². The summed E-state index contributed by atoms with van der Waals surface area (Å²) in [6, 6.07) is 5.66. The number of nitrogen functional groups attached to an aromatic ring is 1. The quantitative estimate of drug-likeness (QED) is 0.710. The first-order valence-corrected chi connectivity index (χ1v) is 8.97. The van der Waals surface area contributed by atoms with Gasteiger partial charge in [-0.2, -0.15) is 9.97 Å². The second-order valence-electron chi connectivity index (χ2n) is 6.45. The Hall–Kier alpha value is -2.87. The number of anilines is 2. The number of nitrogens with zero attached hydrogens (tertiary/aromatic N) is 5. The van der Waals surface area contributed by atoms with Crippen LogP contribution < -0.4 is 20.1 Å². The lowest BCUT2D eigenvalue weighted by atomic mass is 10.1. The molecule has 9 heteroatoms. The van der Waals surface area contributed by atoms with Gasteiger partial charge in [0.15, 0.2) is 28.5 Å². The van der Waals surface area contributed by atoms with Crippen LogP contribution in [0.3, 0.4) is 0 Å². The minimum Gasteiger partial charge on any atom is -0.493 e. The molecule has 1 aromatic carbocycles. The maximum absolute atomic E-state index is 5.90. The van der Waals surface area contributed by atoms with Crippen molar-refractivity contribution in [3.8, 4) is 22.8 Å². The van der Waals surface area contributed by atoms with Gasteiger partial charge in [-0.15, -0.1) is 12.4 Å². The van der Waals surface area contributed by atoms with E-state index in [1.807, 2.05) is 18.2 Å². The molecule has 0 unspecified atom stereocenters. The molecule has 0 saturated carbocycles. The van der Waals surface area contributed by atoms with Crippen LogP contribution in [0.1, 0.15) is 19.3 Å². The Morgan fingerprint density at radius 3 is 2.43 bits per heavy atom. The van der Waals surface area contributed by atoms with Crippen molar-refractivity contribution in [2.45, 2.75) is 19.3 Å². The number of ether oxygens (including phenoxy) is 2. The number of piperidine rings is 1. The molecule has 148 valence electrons. The molecule has 2 aromatic heterocycles. The average molecular weight is 403 g/mol. The summed E-state index contributed by atoms with van der Waals surface area (Å²) in [5.74, 6) is 2.28. The van der Waals surface area contributed by atoms with Gasteiger partial charge in [0.1, 0.15) is 0 Å². The van der Waals surface area contributed by atoms with Crippen LogP contribution >= 0.6 is 12.4 Å². The summed E-state index contributed by atoms with van der Waals surface area (Å²) in [5.41, 5.74) is 8.67. The molecule has 0 bridgehead atoms. The molecule has 3 aromatic rings. The van der Waals surface area contributed by atoms with E-state index in [2.05, 4.69) is 19.9 Å². The molecule has 0 atom stereocenters. The van der Waals surface area contributed by atoms with Crippen molar-refractivity contribution in [2.75, 3.05) is 37.9 Å². The predicted molar refractivity (Wildman–Crippen MR) is 111 cm³/mol.